The van der Waals surface area contributed by atoms with Crippen LogP contribution in [0.4, 0.5) is 0 Å². The van der Waals surface area contributed by atoms with Crippen LogP contribution >= 0.6 is 11.6 Å². The minimum absolute atomic E-state index is 0.0113. The van der Waals surface area contributed by atoms with E-state index in [1.807, 2.05) is 30.5 Å². The summed E-state index contributed by atoms with van der Waals surface area (Å²) in [6.07, 6.45) is 2.17. The smallest absolute Gasteiger partial charge is 0.242 e. The zero-order valence-corrected chi connectivity index (χ0v) is 18.1. The van der Waals surface area contributed by atoms with Gasteiger partial charge in [-0.1, -0.05) is 41.9 Å². The number of halogens is 1. The van der Waals surface area contributed by atoms with Gasteiger partial charge in [-0.2, -0.15) is 0 Å². The zero-order chi connectivity index (χ0) is 22.4. The molecule has 2 aromatic carbocycles. The number of aromatic nitrogens is 1. The molecule has 162 valence electrons. The van der Waals surface area contributed by atoms with Gasteiger partial charge in [-0.3, -0.25) is 14.4 Å². The molecule has 8 heteroatoms. The fourth-order valence-electron chi connectivity index (χ4n) is 3.54. The highest BCUT2D eigenvalue weighted by Gasteiger charge is 2.24. The molecule has 31 heavy (non-hydrogen) atoms. The predicted molar refractivity (Wildman–Crippen MR) is 121 cm³/mol. The van der Waals surface area contributed by atoms with E-state index in [1.165, 1.54) is 14.0 Å². The summed E-state index contributed by atoms with van der Waals surface area (Å²) in [6.45, 7) is 1.39. The largest absolute Gasteiger partial charge is 0.361 e. The van der Waals surface area contributed by atoms with E-state index in [0.717, 1.165) is 22.0 Å². The van der Waals surface area contributed by atoms with Gasteiger partial charge in [0.15, 0.2) is 0 Å². The summed E-state index contributed by atoms with van der Waals surface area (Å²) in [6, 6.07) is 13.4. The van der Waals surface area contributed by atoms with Crippen molar-refractivity contribution in [1.29, 1.82) is 0 Å². The fourth-order valence-corrected chi connectivity index (χ4v) is 3.66. The molecule has 0 spiro atoms. The summed E-state index contributed by atoms with van der Waals surface area (Å²) >= 11 is 5.94. The highest BCUT2D eigenvalue weighted by Crippen LogP contribution is 2.21. The molecule has 2 atom stereocenters. The molecule has 1 heterocycles. The maximum absolute atomic E-state index is 12.8. The first-order chi connectivity index (χ1) is 14.9. The molecule has 0 saturated carbocycles. The molecule has 4 N–H and O–H groups in total. The normalized spacial score (nSPS) is 12.7. The van der Waals surface area contributed by atoms with Crippen LogP contribution in [0, 0.1) is 0 Å². The van der Waals surface area contributed by atoms with Gasteiger partial charge in [-0.25, -0.2) is 0 Å². The standard InChI is InChI=1S/C23H25ClN4O3/c1-14(29)27-20(15-7-9-17(24)10-8-15)12-22(30)28-21(23(31)25-2)11-16-13-26-19-6-4-3-5-18(16)19/h3-10,13,20-21,26H,11-12H2,1-2H3,(H,25,31)(H,27,29)(H,28,30)/t20?,21-/m0/s1. The van der Waals surface area contributed by atoms with E-state index in [2.05, 4.69) is 20.9 Å². The summed E-state index contributed by atoms with van der Waals surface area (Å²) in [5, 5.41) is 9.77. The highest BCUT2D eigenvalue weighted by molar-refractivity contribution is 6.30. The molecule has 7 nitrogen and oxygen atoms in total. The average molecular weight is 441 g/mol. The van der Waals surface area contributed by atoms with Crippen molar-refractivity contribution in [1.82, 2.24) is 20.9 Å². The molecule has 1 unspecified atom stereocenters. The Bertz CT molecular complexity index is 1080. The first kappa shape index (κ1) is 22.4. The van der Waals surface area contributed by atoms with Crippen LogP contribution in [0.1, 0.15) is 30.5 Å². The molecule has 3 amide bonds. The van der Waals surface area contributed by atoms with Crippen molar-refractivity contribution in [2.75, 3.05) is 7.05 Å². The predicted octanol–water partition coefficient (Wildman–Crippen LogP) is 2.86. The molecule has 1 aromatic heterocycles. The number of amides is 3. The van der Waals surface area contributed by atoms with Crippen LogP contribution in [0.15, 0.2) is 54.7 Å². The Morgan fingerprint density at radius 3 is 2.42 bits per heavy atom. The van der Waals surface area contributed by atoms with E-state index < -0.39 is 12.1 Å². The first-order valence-corrected chi connectivity index (χ1v) is 10.3. The number of nitrogens with one attached hydrogen (secondary N) is 4. The Morgan fingerprint density at radius 1 is 1.03 bits per heavy atom. The molecule has 0 fully saturated rings. The monoisotopic (exact) mass is 440 g/mol. The van der Waals surface area contributed by atoms with Gasteiger partial charge in [-0.05, 0) is 29.3 Å². The van der Waals surface area contributed by atoms with Crippen molar-refractivity contribution in [3.63, 3.8) is 0 Å². The summed E-state index contributed by atoms with van der Waals surface area (Å²) in [4.78, 5) is 40.1. The van der Waals surface area contributed by atoms with Crippen LogP contribution in [0.5, 0.6) is 0 Å². The van der Waals surface area contributed by atoms with E-state index in [0.29, 0.717) is 11.4 Å². The minimum Gasteiger partial charge on any atom is -0.361 e. The number of fused-ring (bicyclic) bond motifs is 1. The van der Waals surface area contributed by atoms with Crippen molar-refractivity contribution in [3.05, 3.63) is 70.9 Å². The molecular weight excluding hydrogens is 416 g/mol. The number of para-hydroxylation sites is 1. The Balaban J connectivity index is 1.75. The van der Waals surface area contributed by atoms with E-state index in [1.54, 1.807) is 24.3 Å². The van der Waals surface area contributed by atoms with Crippen LogP contribution in [0.2, 0.25) is 5.02 Å². The highest BCUT2D eigenvalue weighted by atomic mass is 35.5. The number of aromatic amines is 1. The first-order valence-electron chi connectivity index (χ1n) is 9.96. The molecular formula is C23H25ClN4O3. The van der Waals surface area contributed by atoms with E-state index in [9.17, 15) is 14.4 Å². The number of benzene rings is 2. The lowest BCUT2D eigenvalue weighted by molar-refractivity contribution is -0.129. The molecule has 0 radical (unpaired) electrons. The van der Waals surface area contributed by atoms with Crippen molar-refractivity contribution in [2.45, 2.75) is 31.8 Å². The second kappa shape index (κ2) is 10.1. The Morgan fingerprint density at radius 2 is 1.74 bits per heavy atom. The van der Waals surface area contributed by atoms with Gasteiger partial charge >= 0.3 is 0 Å². The van der Waals surface area contributed by atoms with Crippen LogP contribution in [0.25, 0.3) is 10.9 Å². The number of hydrogen-bond donors (Lipinski definition) is 4. The number of hydrogen-bond acceptors (Lipinski definition) is 3. The van der Waals surface area contributed by atoms with Crippen molar-refractivity contribution in [2.24, 2.45) is 0 Å². The lowest BCUT2D eigenvalue weighted by atomic mass is 10.0. The average Bonchev–Trinajstić information content (AvgIpc) is 3.15. The minimum atomic E-state index is -0.750. The molecule has 0 bridgehead atoms. The SMILES string of the molecule is CNC(=O)[C@H](Cc1c[nH]c2ccccc12)NC(=O)CC(NC(C)=O)c1ccc(Cl)cc1. The second-order valence-electron chi connectivity index (χ2n) is 7.31. The number of likely N-dealkylation sites (N-methyl/N-ethyl adjacent to an activating group) is 1. The summed E-state index contributed by atoms with van der Waals surface area (Å²) < 4.78 is 0. The molecule has 3 rings (SSSR count). The van der Waals surface area contributed by atoms with Gasteiger partial charge in [0, 0.05) is 42.5 Å². The van der Waals surface area contributed by atoms with Gasteiger partial charge in [0.25, 0.3) is 0 Å². The van der Waals surface area contributed by atoms with Crippen molar-refractivity contribution >= 4 is 40.2 Å². The van der Waals surface area contributed by atoms with Crippen LogP contribution in [0.3, 0.4) is 0 Å². The van der Waals surface area contributed by atoms with Gasteiger partial charge < -0.3 is 20.9 Å². The third kappa shape index (κ3) is 5.86. The van der Waals surface area contributed by atoms with Gasteiger partial charge in [0.2, 0.25) is 17.7 Å². The van der Waals surface area contributed by atoms with E-state index in [-0.39, 0.29) is 24.1 Å². The zero-order valence-electron chi connectivity index (χ0n) is 17.4. The summed E-state index contributed by atoms with van der Waals surface area (Å²) in [5.41, 5.74) is 2.65. The van der Waals surface area contributed by atoms with Crippen LogP contribution in [-0.4, -0.2) is 35.8 Å². The van der Waals surface area contributed by atoms with Gasteiger partial charge in [-0.15, -0.1) is 0 Å². The number of H-pyrrole nitrogens is 1. The summed E-state index contributed by atoms with van der Waals surface area (Å²) in [5.74, 6) is -0.891. The number of carbonyl (C=O) groups is 3. The number of carbonyl (C=O) groups excluding carboxylic acids is 3. The lowest BCUT2D eigenvalue weighted by Crippen LogP contribution is -2.47. The Kier molecular flexibility index (Phi) is 7.31. The quantitative estimate of drug-likeness (QED) is 0.433. The Hall–Kier alpha value is -3.32. The lowest BCUT2D eigenvalue weighted by Gasteiger charge is -2.21. The topological polar surface area (TPSA) is 103 Å². The molecule has 0 aliphatic rings. The molecule has 0 aliphatic carbocycles. The van der Waals surface area contributed by atoms with Crippen LogP contribution < -0.4 is 16.0 Å². The van der Waals surface area contributed by atoms with Gasteiger partial charge in [0.05, 0.1) is 12.5 Å². The molecule has 3 aromatic rings. The Labute approximate surface area is 185 Å². The fraction of sp³-hybridized carbons (Fsp3) is 0.261. The summed E-state index contributed by atoms with van der Waals surface area (Å²) in [7, 11) is 1.53. The van der Waals surface area contributed by atoms with E-state index >= 15 is 0 Å². The maximum Gasteiger partial charge on any atom is 0.242 e. The van der Waals surface area contributed by atoms with E-state index in [4.69, 9.17) is 11.6 Å². The third-order valence-electron chi connectivity index (χ3n) is 5.04. The molecule has 0 aliphatic heterocycles. The third-order valence-corrected chi connectivity index (χ3v) is 5.29. The van der Waals surface area contributed by atoms with Crippen molar-refractivity contribution in [3.8, 4) is 0 Å². The van der Waals surface area contributed by atoms with Gasteiger partial charge in [0.1, 0.15) is 6.04 Å². The molecule has 0 saturated heterocycles. The maximum atomic E-state index is 12.8. The van der Waals surface area contributed by atoms with Crippen molar-refractivity contribution < 1.29 is 14.4 Å². The number of rotatable bonds is 8. The van der Waals surface area contributed by atoms with Crippen LogP contribution in [-0.2, 0) is 20.8 Å². The second-order valence-corrected chi connectivity index (χ2v) is 7.74.